The number of amides is 2. The molecule has 118 valence electrons. The van der Waals surface area contributed by atoms with Gasteiger partial charge in [-0.05, 0) is 34.1 Å². The number of carbonyl (C=O) groups excluding carboxylic acids is 1. The largest absolute Gasteiger partial charge is 0.481 e. The van der Waals surface area contributed by atoms with Gasteiger partial charge in [0.2, 0.25) is 0 Å². The molecule has 0 fully saturated rings. The van der Waals surface area contributed by atoms with Crippen molar-refractivity contribution in [1.29, 1.82) is 0 Å². The number of aryl methyl sites for hydroxylation is 1. The van der Waals surface area contributed by atoms with Crippen molar-refractivity contribution in [2.24, 2.45) is 0 Å². The van der Waals surface area contributed by atoms with E-state index in [4.69, 9.17) is 5.11 Å². The normalized spacial score (nSPS) is 12.2. The molecule has 0 spiro atoms. The smallest absolute Gasteiger partial charge is 0.318 e. The molecule has 1 heterocycles. The Bertz CT molecular complexity index is 488. The van der Waals surface area contributed by atoms with E-state index in [0.29, 0.717) is 13.0 Å². The molecule has 0 saturated heterocycles. The minimum Gasteiger partial charge on any atom is -0.481 e. The van der Waals surface area contributed by atoms with Crippen LogP contribution in [0.5, 0.6) is 0 Å². The van der Waals surface area contributed by atoms with Gasteiger partial charge in [0.1, 0.15) is 5.01 Å². The molecule has 0 bridgehead atoms. The molecule has 2 N–H and O–H groups in total. The second-order valence-electron chi connectivity index (χ2n) is 5.26. The Kier molecular flexibility index (Phi) is 6.61. The fourth-order valence-corrected chi connectivity index (χ4v) is 2.67. The highest BCUT2D eigenvalue weighted by molar-refractivity contribution is 7.11. The summed E-state index contributed by atoms with van der Waals surface area (Å²) in [5.74, 6) is -0.842. The zero-order valence-corrected chi connectivity index (χ0v) is 13.7. The number of carboxylic acid groups (broad SMARTS) is 1. The van der Waals surface area contributed by atoms with Gasteiger partial charge in [-0.25, -0.2) is 9.78 Å². The number of carbonyl (C=O) groups is 2. The first-order chi connectivity index (χ1) is 9.81. The second kappa shape index (κ2) is 7.97. The molecule has 21 heavy (non-hydrogen) atoms. The zero-order chi connectivity index (χ0) is 16.0. The number of aromatic nitrogens is 1. The number of hydrogen-bond donors (Lipinski definition) is 2. The van der Waals surface area contributed by atoms with Gasteiger partial charge in [-0.1, -0.05) is 0 Å². The van der Waals surface area contributed by atoms with Gasteiger partial charge in [0.25, 0.3) is 0 Å². The Labute approximate surface area is 129 Å². The number of urea groups is 1. The monoisotopic (exact) mass is 313 g/mol. The summed E-state index contributed by atoms with van der Waals surface area (Å²) in [7, 11) is 0. The molecule has 1 atom stereocenters. The molecule has 1 unspecified atom stereocenters. The lowest BCUT2D eigenvalue weighted by atomic mass is 10.2. The first kappa shape index (κ1) is 17.4. The molecule has 2 amide bonds. The van der Waals surface area contributed by atoms with Crippen LogP contribution in [-0.4, -0.2) is 39.6 Å². The van der Waals surface area contributed by atoms with Crippen molar-refractivity contribution in [2.45, 2.75) is 52.6 Å². The van der Waals surface area contributed by atoms with Crippen LogP contribution >= 0.6 is 11.3 Å². The molecule has 0 aromatic carbocycles. The van der Waals surface area contributed by atoms with Gasteiger partial charge in [-0.2, -0.15) is 0 Å². The van der Waals surface area contributed by atoms with E-state index in [1.54, 1.807) is 22.4 Å². The number of carboxylic acids is 1. The van der Waals surface area contributed by atoms with Gasteiger partial charge in [0.15, 0.2) is 0 Å². The Balaban J connectivity index is 2.58. The molecule has 0 aliphatic rings. The van der Waals surface area contributed by atoms with Crippen LogP contribution in [0.15, 0.2) is 6.20 Å². The topological polar surface area (TPSA) is 82.5 Å². The molecule has 1 aromatic heterocycles. The van der Waals surface area contributed by atoms with E-state index in [2.05, 4.69) is 10.3 Å². The molecule has 0 radical (unpaired) electrons. The average Bonchev–Trinajstić information content (AvgIpc) is 2.80. The molecular formula is C14H23N3O3S. The third-order valence-corrected chi connectivity index (χ3v) is 4.12. The Morgan fingerprint density at radius 1 is 1.43 bits per heavy atom. The number of nitrogens with one attached hydrogen (secondary N) is 1. The molecule has 0 aliphatic heterocycles. The average molecular weight is 313 g/mol. The van der Waals surface area contributed by atoms with Gasteiger partial charge < -0.3 is 15.3 Å². The Hall–Kier alpha value is -1.63. The maximum absolute atomic E-state index is 12.3. The maximum Gasteiger partial charge on any atom is 0.318 e. The summed E-state index contributed by atoms with van der Waals surface area (Å²) in [5.41, 5.74) is 0. The first-order valence-electron chi connectivity index (χ1n) is 7.02. The molecular weight excluding hydrogens is 290 g/mol. The highest BCUT2D eigenvalue weighted by Crippen LogP contribution is 2.19. The van der Waals surface area contributed by atoms with Crippen LogP contribution in [-0.2, 0) is 4.79 Å². The van der Waals surface area contributed by atoms with E-state index in [1.165, 1.54) is 0 Å². The van der Waals surface area contributed by atoms with Gasteiger partial charge in [0, 0.05) is 30.1 Å². The summed E-state index contributed by atoms with van der Waals surface area (Å²) in [5, 5.41) is 12.5. The van der Waals surface area contributed by atoms with Gasteiger partial charge in [-0.15, -0.1) is 11.3 Å². The van der Waals surface area contributed by atoms with E-state index in [-0.39, 0.29) is 24.5 Å². The molecule has 1 aromatic rings. The SMILES string of the molecule is Cc1cnc(C(C)NC(=O)N(CCCC(=O)O)C(C)C)s1. The van der Waals surface area contributed by atoms with Crippen molar-refractivity contribution in [3.63, 3.8) is 0 Å². The van der Waals surface area contributed by atoms with E-state index < -0.39 is 5.97 Å². The number of nitrogens with zero attached hydrogens (tertiary/aromatic N) is 2. The molecule has 1 rings (SSSR count). The lowest BCUT2D eigenvalue weighted by Crippen LogP contribution is -2.45. The summed E-state index contributed by atoms with van der Waals surface area (Å²) in [6, 6.07) is -0.323. The highest BCUT2D eigenvalue weighted by atomic mass is 32.1. The van der Waals surface area contributed by atoms with Crippen LogP contribution in [0.4, 0.5) is 4.79 Å². The van der Waals surface area contributed by atoms with E-state index in [0.717, 1.165) is 9.88 Å². The zero-order valence-electron chi connectivity index (χ0n) is 12.9. The summed E-state index contributed by atoms with van der Waals surface area (Å²) in [4.78, 5) is 29.9. The molecule has 0 aliphatic carbocycles. The predicted molar refractivity (Wildman–Crippen MR) is 82.5 cm³/mol. The van der Waals surface area contributed by atoms with E-state index >= 15 is 0 Å². The van der Waals surface area contributed by atoms with E-state index in [1.807, 2.05) is 27.7 Å². The number of rotatable bonds is 7. The van der Waals surface area contributed by atoms with Crippen molar-refractivity contribution in [3.05, 3.63) is 16.1 Å². The van der Waals surface area contributed by atoms with Crippen LogP contribution in [0, 0.1) is 6.92 Å². The molecule has 6 nitrogen and oxygen atoms in total. The Morgan fingerprint density at radius 3 is 2.57 bits per heavy atom. The summed E-state index contributed by atoms with van der Waals surface area (Å²) in [6.07, 6.45) is 2.30. The Morgan fingerprint density at radius 2 is 2.10 bits per heavy atom. The third-order valence-electron chi connectivity index (χ3n) is 3.02. The quantitative estimate of drug-likeness (QED) is 0.811. The van der Waals surface area contributed by atoms with Crippen LogP contribution < -0.4 is 5.32 Å². The number of hydrogen-bond acceptors (Lipinski definition) is 4. The standard InChI is InChI=1S/C14H23N3O3S/c1-9(2)17(7-5-6-12(18)19)14(20)16-11(4)13-15-8-10(3)21-13/h8-9,11H,5-7H2,1-4H3,(H,16,20)(H,18,19). The van der Waals surface area contributed by atoms with Gasteiger partial charge >= 0.3 is 12.0 Å². The fraction of sp³-hybridized carbons (Fsp3) is 0.643. The minimum atomic E-state index is -0.842. The van der Waals surface area contributed by atoms with Crippen LogP contribution in [0.3, 0.4) is 0 Å². The summed E-state index contributed by atoms with van der Waals surface area (Å²) < 4.78 is 0. The predicted octanol–water partition coefficient (Wildman–Crippen LogP) is 2.80. The second-order valence-corrected chi connectivity index (χ2v) is 6.53. The maximum atomic E-state index is 12.3. The number of thiazole rings is 1. The lowest BCUT2D eigenvalue weighted by molar-refractivity contribution is -0.137. The van der Waals surface area contributed by atoms with Gasteiger partial charge in [-0.3, -0.25) is 4.79 Å². The van der Waals surface area contributed by atoms with Crippen LogP contribution in [0.1, 0.15) is 49.5 Å². The summed E-state index contributed by atoms with van der Waals surface area (Å²) >= 11 is 1.56. The third kappa shape index (κ3) is 5.71. The van der Waals surface area contributed by atoms with Crippen molar-refractivity contribution in [1.82, 2.24) is 15.2 Å². The van der Waals surface area contributed by atoms with Crippen molar-refractivity contribution >= 4 is 23.3 Å². The van der Waals surface area contributed by atoms with E-state index in [9.17, 15) is 9.59 Å². The van der Waals surface area contributed by atoms with Crippen molar-refractivity contribution < 1.29 is 14.7 Å². The minimum absolute atomic E-state index is 0.0176. The van der Waals surface area contributed by atoms with Crippen LogP contribution in [0.25, 0.3) is 0 Å². The molecule has 0 saturated carbocycles. The van der Waals surface area contributed by atoms with Crippen molar-refractivity contribution in [2.75, 3.05) is 6.54 Å². The van der Waals surface area contributed by atoms with Crippen molar-refractivity contribution in [3.8, 4) is 0 Å². The lowest BCUT2D eigenvalue weighted by Gasteiger charge is -2.28. The fourth-order valence-electron chi connectivity index (χ4n) is 1.90. The first-order valence-corrected chi connectivity index (χ1v) is 7.84. The van der Waals surface area contributed by atoms with Gasteiger partial charge in [0.05, 0.1) is 6.04 Å². The highest BCUT2D eigenvalue weighted by Gasteiger charge is 2.20. The van der Waals surface area contributed by atoms with Crippen LogP contribution in [0.2, 0.25) is 0 Å². The number of aliphatic carboxylic acids is 1. The summed E-state index contributed by atoms with van der Waals surface area (Å²) in [6.45, 7) is 8.13. The molecule has 7 heteroatoms.